The van der Waals surface area contributed by atoms with Crippen LogP contribution in [0, 0.1) is 11.6 Å². The standard InChI is InChI=1S/C26H31F2N7O3/c1-29-24(36)34-14-16(19-4-2-5-20(27)22(19)28)7-8-17(15-34)31-25(37)33-12-9-18(10-13-33)35-21-6-3-11-30-23(21)32-26(35)38/h2-6,11,16-18H,7-10,12-15H2,1H3,(H,29,36)(H,31,37)(H,30,32,38)/t16-,17-/m1/s1. The Morgan fingerprint density at radius 1 is 1.00 bits per heavy atom. The number of halogens is 2. The Hall–Kier alpha value is -3.96. The molecule has 4 amide bonds. The number of urea groups is 2. The van der Waals surface area contributed by atoms with E-state index in [9.17, 15) is 23.2 Å². The first-order chi connectivity index (χ1) is 18.4. The van der Waals surface area contributed by atoms with Gasteiger partial charge in [0.2, 0.25) is 0 Å². The van der Waals surface area contributed by atoms with Crippen LogP contribution < -0.4 is 16.3 Å². The molecule has 2 aliphatic rings. The van der Waals surface area contributed by atoms with Crippen LogP contribution in [0.4, 0.5) is 18.4 Å². The molecule has 0 bridgehead atoms. The summed E-state index contributed by atoms with van der Waals surface area (Å²) in [6.45, 7) is 1.41. The van der Waals surface area contributed by atoms with Gasteiger partial charge < -0.3 is 20.4 Å². The Morgan fingerprint density at radius 2 is 1.79 bits per heavy atom. The number of amides is 4. The van der Waals surface area contributed by atoms with E-state index in [-0.39, 0.29) is 48.5 Å². The highest BCUT2D eigenvalue weighted by Gasteiger charge is 2.32. The van der Waals surface area contributed by atoms with Crippen LogP contribution in [-0.4, -0.2) is 75.7 Å². The van der Waals surface area contributed by atoms with E-state index in [1.165, 1.54) is 18.0 Å². The molecule has 2 saturated heterocycles. The predicted octanol–water partition coefficient (Wildman–Crippen LogP) is 2.94. The maximum Gasteiger partial charge on any atom is 0.327 e. The second-order valence-electron chi connectivity index (χ2n) is 9.91. The summed E-state index contributed by atoms with van der Waals surface area (Å²) < 4.78 is 30.1. The molecule has 2 aliphatic heterocycles. The number of hydrogen-bond acceptors (Lipinski definition) is 4. The number of nitrogens with one attached hydrogen (secondary N) is 3. The van der Waals surface area contributed by atoms with E-state index >= 15 is 0 Å². The number of imidazole rings is 1. The lowest BCUT2D eigenvalue weighted by atomic mass is 9.93. The van der Waals surface area contributed by atoms with Crippen LogP contribution in [0.3, 0.4) is 0 Å². The largest absolute Gasteiger partial charge is 0.341 e. The van der Waals surface area contributed by atoms with Gasteiger partial charge in [-0.3, -0.25) is 9.55 Å². The minimum Gasteiger partial charge on any atom is -0.341 e. The lowest BCUT2D eigenvalue weighted by molar-refractivity contribution is 0.163. The van der Waals surface area contributed by atoms with Gasteiger partial charge in [-0.15, -0.1) is 0 Å². The first-order valence-corrected chi connectivity index (χ1v) is 12.9. The zero-order valence-corrected chi connectivity index (χ0v) is 21.1. The van der Waals surface area contributed by atoms with Crippen LogP contribution in [-0.2, 0) is 0 Å². The smallest absolute Gasteiger partial charge is 0.327 e. The van der Waals surface area contributed by atoms with Gasteiger partial charge in [0.15, 0.2) is 17.3 Å². The number of fused-ring (bicyclic) bond motifs is 1. The number of nitrogens with zero attached hydrogens (tertiary/aromatic N) is 4. The Morgan fingerprint density at radius 3 is 2.55 bits per heavy atom. The Balaban J connectivity index is 1.24. The highest BCUT2D eigenvalue weighted by Crippen LogP contribution is 2.30. The molecule has 202 valence electrons. The second kappa shape index (κ2) is 10.8. The van der Waals surface area contributed by atoms with Crippen molar-refractivity contribution in [3.63, 3.8) is 0 Å². The predicted molar refractivity (Wildman–Crippen MR) is 137 cm³/mol. The molecule has 5 rings (SSSR count). The maximum atomic E-state index is 14.5. The Kier molecular flexibility index (Phi) is 7.30. The molecule has 0 aliphatic carbocycles. The third-order valence-corrected chi connectivity index (χ3v) is 7.60. The van der Waals surface area contributed by atoms with Gasteiger partial charge in [-0.1, -0.05) is 12.1 Å². The van der Waals surface area contributed by atoms with E-state index in [4.69, 9.17) is 0 Å². The summed E-state index contributed by atoms with van der Waals surface area (Å²) in [6, 6.07) is 6.75. The van der Waals surface area contributed by atoms with Crippen molar-refractivity contribution >= 4 is 23.2 Å². The van der Waals surface area contributed by atoms with Gasteiger partial charge in [0, 0.05) is 57.4 Å². The molecule has 3 N–H and O–H groups in total. The molecule has 10 nitrogen and oxygen atoms in total. The van der Waals surface area contributed by atoms with Gasteiger partial charge in [-0.2, -0.15) is 0 Å². The zero-order valence-electron chi connectivity index (χ0n) is 21.1. The average molecular weight is 528 g/mol. The lowest BCUT2D eigenvalue weighted by Gasteiger charge is -2.34. The summed E-state index contributed by atoms with van der Waals surface area (Å²) in [5, 5.41) is 5.63. The Labute approximate surface area is 218 Å². The van der Waals surface area contributed by atoms with Crippen molar-refractivity contribution in [1.82, 2.24) is 35.0 Å². The first-order valence-electron chi connectivity index (χ1n) is 12.9. The molecular weight excluding hydrogens is 496 g/mol. The van der Waals surface area contributed by atoms with Crippen LogP contribution in [0.1, 0.15) is 43.2 Å². The van der Waals surface area contributed by atoms with Gasteiger partial charge in [0.25, 0.3) is 0 Å². The molecule has 38 heavy (non-hydrogen) atoms. The molecule has 4 heterocycles. The highest BCUT2D eigenvalue weighted by molar-refractivity contribution is 5.76. The average Bonchev–Trinajstić information content (AvgIpc) is 3.12. The minimum absolute atomic E-state index is 0.0481. The second-order valence-corrected chi connectivity index (χ2v) is 9.91. The number of carbonyl (C=O) groups is 2. The number of benzene rings is 1. The van der Waals surface area contributed by atoms with Crippen LogP contribution in [0.15, 0.2) is 41.3 Å². The van der Waals surface area contributed by atoms with Crippen molar-refractivity contribution in [3.05, 3.63) is 64.2 Å². The molecule has 0 saturated carbocycles. The molecule has 0 spiro atoms. The number of pyridine rings is 1. The van der Waals surface area contributed by atoms with Crippen molar-refractivity contribution in [2.45, 2.75) is 43.7 Å². The highest BCUT2D eigenvalue weighted by atomic mass is 19.2. The van der Waals surface area contributed by atoms with Crippen LogP contribution in [0.5, 0.6) is 0 Å². The monoisotopic (exact) mass is 527 g/mol. The number of likely N-dealkylation sites (tertiary alicyclic amines) is 2. The summed E-state index contributed by atoms with van der Waals surface area (Å²) in [7, 11) is 1.51. The van der Waals surface area contributed by atoms with Crippen molar-refractivity contribution in [2.24, 2.45) is 0 Å². The van der Waals surface area contributed by atoms with Crippen molar-refractivity contribution in [1.29, 1.82) is 0 Å². The van der Waals surface area contributed by atoms with Crippen LogP contribution in [0.2, 0.25) is 0 Å². The molecule has 12 heteroatoms. The molecule has 2 atom stereocenters. The fourth-order valence-corrected chi connectivity index (χ4v) is 5.64. The number of hydrogen-bond donors (Lipinski definition) is 3. The number of aromatic amines is 1. The first kappa shape index (κ1) is 25.7. The summed E-state index contributed by atoms with van der Waals surface area (Å²) >= 11 is 0. The van der Waals surface area contributed by atoms with E-state index in [2.05, 4.69) is 20.6 Å². The van der Waals surface area contributed by atoms with E-state index in [1.54, 1.807) is 27.8 Å². The van der Waals surface area contributed by atoms with Gasteiger partial charge in [0.1, 0.15) is 0 Å². The number of H-pyrrole nitrogens is 1. The summed E-state index contributed by atoms with van der Waals surface area (Å²) in [5.41, 5.74) is 1.31. The van der Waals surface area contributed by atoms with Gasteiger partial charge in [-0.05, 0) is 49.4 Å². The quantitative estimate of drug-likeness (QED) is 0.486. The van der Waals surface area contributed by atoms with E-state index in [0.29, 0.717) is 44.4 Å². The topological polar surface area (TPSA) is 115 Å². The van der Waals surface area contributed by atoms with Crippen molar-refractivity contribution in [3.8, 4) is 0 Å². The third-order valence-electron chi connectivity index (χ3n) is 7.60. The number of aromatic nitrogens is 3. The van der Waals surface area contributed by atoms with E-state index < -0.39 is 17.6 Å². The van der Waals surface area contributed by atoms with E-state index in [1.807, 2.05) is 6.07 Å². The number of rotatable bonds is 3. The molecule has 1 aromatic carbocycles. The van der Waals surface area contributed by atoms with Gasteiger partial charge in [-0.25, -0.2) is 28.1 Å². The normalized spacial score (nSPS) is 20.8. The molecule has 2 aromatic heterocycles. The molecule has 0 radical (unpaired) electrons. The minimum atomic E-state index is -0.919. The molecular formula is C26H31F2N7O3. The Bertz CT molecular complexity index is 1380. The van der Waals surface area contributed by atoms with E-state index in [0.717, 1.165) is 11.6 Å². The molecule has 3 aromatic rings. The zero-order chi connectivity index (χ0) is 26.8. The van der Waals surface area contributed by atoms with Gasteiger partial charge >= 0.3 is 17.8 Å². The summed E-state index contributed by atoms with van der Waals surface area (Å²) in [4.78, 5) is 48.5. The molecule has 2 fully saturated rings. The number of carbonyl (C=O) groups excluding carboxylic acids is 2. The maximum absolute atomic E-state index is 14.5. The number of piperidine rings is 1. The summed E-state index contributed by atoms with van der Waals surface area (Å²) in [5.74, 6) is -2.22. The lowest BCUT2D eigenvalue weighted by Crippen LogP contribution is -2.52. The van der Waals surface area contributed by atoms with Crippen molar-refractivity contribution < 1.29 is 18.4 Å². The van der Waals surface area contributed by atoms with Gasteiger partial charge in [0.05, 0.1) is 5.52 Å². The SMILES string of the molecule is CNC(=O)N1C[C@H](NC(=O)N2CCC(n3c(=O)[nH]c4ncccc43)CC2)CC[C@@H](c2cccc(F)c2F)C1. The fraction of sp³-hybridized carbons (Fsp3) is 0.462. The molecule has 0 unspecified atom stereocenters. The fourth-order valence-electron chi connectivity index (χ4n) is 5.64. The van der Waals surface area contributed by atoms with Crippen LogP contribution >= 0.6 is 0 Å². The summed E-state index contributed by atoms with van der Waals surface area (Å²) in [6.07, 6.45) is 3.86. The van der Waals surface area contributed by atoms with Crippen LogP contribution in [0.25, 0.3) is 11.2 Å². The third kappa shape index (κ3) is 5.07. The van der Waals surface area contributed by atoms with Crippen molar-refractivity contribution in [2.75, 3.05) is 33.2 Å².